The molecule has 21 heavy (non-hydrogen) atoms. The molecule has 1 aromatic heterocycles. The maximum Gasteiger partial charge on any atom is 0.323 e. The monoisotopic (exact) mass is 289 g/mol. The summed E-state index contributed by atoms with van der Waals surface area (Å²) in [5.74, 6) is -0.0435. The van der Waals surface area contributed by atoms with Crippen molar-refractivity contribution >= 4 is 17.0 Å². The van der Waals surface area contributed by atoms with Crippen molar-refractivity contribution in [3.63, 3.8) is 0 Å². The zero-order valence-corrected chi connectivity index (χ0v) is 12.1. The van der Waals surface area contributed by atoms with Gasteiger partial charge in [-0.3, -0.25) is 9.69 Å². The molecule has 0 bridgehead atoms. The normalized spacial score (nSPS) is 16.4. The van der Waals surface area contributed by atoms with Gasteiger partial charge in [-0.1, -0.05) is 6.07 Å². The molecule has 0 aliphatic carbocycles. The molecule has 0 spiro atoms. The van der Waals surface area contributed by atoms with Crippen molar-refractivity contribution in [2.45, 2.75) is 20.0 Å². The van der Waals surface area contributed by atoms with E-state index in [4.69, 9.17) is 9.84 Å². The highest BCUT2D eigenvalue weighted by Gasteiger charge is 2.17. The summed E-state index contributed by atoms with van der Waals surface area (Å²) in [5.41, 5.74) is 2.87. The van der Waals surface area contributed by atoms with Crippen molar-refractivity contribution in [1.82, 2.24) is 14.5 Å². The van der Waals surface area contributed by atoms with Crippen LogP contribution in [0.25, 0.3) is 11.0 Å². The zero-order chi connectivity index (χ0) is 14.8. The molecule has 2 heterocycles. The van der Waals surface area contributed by atoms with Gasteiger partial charge in [-0.25, -0.2) is 4.98 Å². The first-order chi connectivity index (χ1) is 10.1. The fourth-order valence-electron chi connectivity index (χ4n) is 2.68. The summed E-state index contributed by atoms with van der Waals surface area (Å²) in [6.45, 7) is 5.77. The maximum atomic E-state index is 11.1. The van der Waals surface area contributed by atoms with Crippen LogP contribution in [-0.4, -0.2) is 51.8 Å². The number of imidazole rings is 1. The molecule has 0 radical (unpaired) electrons. The Morgan fingerprint density at radius 3 is 2.86 bits per heavy atom. The number of hydrogen-bond acceptors (Lipinski definition) is 4. The van der Waals surface area contributed by atoms with Crippen molar-refractivity contribution in [3.8, 4) is 0 Å². The Labute approximate surface area is 122 Å². The van der Waals surface area contributed by atoms with Crippen LogP contribution >= 0.6 is 0 Å². The van der Waals surface area contributed by atoms with Gasteiger partial charge in [0.05, 0.1) is 30.8 Å². The first kappa shape index (κ1) is 14.0. The van der Waals surface area contributed by atoms with Gasteiger partial charge >= 0.3 is 5.97 Å². The second-order valence-electron chi connectivity index (χ2n) is 5.39. The summed E-state index contributed by atoms with van der Waals surface area (Å²) in [5, 5.41) is 9.15. The van der Waals surface area contributed by atoms with Gasteiger partial charge in [-0.05, 0) is 24.6 Å². The first-order valence-electron chi connectivity index (χ1n) is 7.11. The number of aliphatic carboxylic acids is 1. The van der Waals surface area contributed by atoms with Crippen LogP contribution in [0.2, 0.25) is 0 Å². The Kier molecular flexibility index (Phi) is 3.90. The summed E-state index contributed by atoms with van der Waals surface area (Å²) in [6.07, 6.45) is 0. The van der Waals surface area contributed by atoms with Crippen LogP contribution in [0.15, 0.2) is 18.2 Å². The number of carboxylic acid groups (broad SMARTS) is 1. The molecule has 1 saturated heterocycles. The van der Waals surface area contributed by atoms with Crippen LogP contribution in [0.5, 0.6) is 0 Å². The van der Waals surface area contributed by atoms with Gasteiger partial charge in [0.25, 0.3) is 0 Å². The van der Waals surface area contributed by atoms with Crippen molar-refractivity contribution in [2.75, 3.05) is 26.3 Å². The summed E-state index contributed by atoms with van der Waals surface area (Å²) >= 11 is 0. The molecule has 2 aromatic rings. The van der Waals surface area contributed by atoms with Gasteiger partial charge in [0.1, 0.15) is 12.4 Å². The van der Waals surface area contributed by atoms with E-state index in [9.17, 15) is 4.79 Å². The smallest absolute Gasteiger partial charge is 0.323 e. The van der Waals surface area contributed by atoms with E-state index in [-0.39, 0.29) is 6.54 Å². The van der Waals surface area contributed by atoms with Gasteiger partial charge in [0.2, 0.25) is 0 Å². The molecular formula is C15H19N3O3. The predicted molar refractivity (Wildman–Crippen MR) is 78.2 cm³/mol. The lowest BCUT2D eigenvalue weighted by molar-refractivity contribution is -0.137. The number of ether oxygens (including phenoxy) is 1. The quantitative estimate of drug-likeness (QED) is 0.918. The van der Waals surface area contributed by atoms with Crippen LogP contribution in [0.1, 0.15) is 11.4 Å². The average molecular weight is 289 g/mol. The number of carbonyl (C=O) groups is 1. The molecule has 3 rings (SSSR count). The lowest BCUT2D eigenvalue weighted by atomic mass is 10.2. The molecular weight excluding hydrogens is 270 g/mol. The second kappa shape index (κ2) is 5.83. The molecule has 6 heteroatoms. The summed E-state index contributed by atoms with van der Waals surface area (Å²) < 4.78 is 7.14. The number of aromatic nitrogens is 2. The van der Waals surface area contributed by atoms with Crippen molar-refractivity contribution in [3.05, 3.63) is 29.6 Å². The molecule has 0 amide bonds. The highest BCUT2D eigenvalue weighted by atomic mass is 16.5. The van der Waals surface area contributed by atoms with Gasteiger partial charge in [0.15, 0.2) is 0 Å². The van der Waals surface area contributed by atoms with E-state index in [1.807, 2.05) is 25.1 Å². The molecule has 0 unspecified atom stereocenters. The molecule has 1 aliphatic heterocycles. The van der Waals surface area contributed by atoms with E-state index in [2.05, 4.69) is 9.88 Å². The van der Waals surface area contributed by atoms with Crippen LogP contribution < -0.4 is 0 Å². The number of carboxylic acids is 1. The maximum absolute atomic E-state index is 11.1. The van der Waals surface area contributed by atoms with Gasteiger partial charge in [-0.2, -0.15) is 0 Å². The number of nitrogens with zero attached hydrogens (tertiary/aromatic N) is 3. The van der Waals surface area contributed by atoms with Gasteiger partial charge in [0, 0.05) is 13.1 Å². The number of hydrogen-bond donors (Lipinski definition) is 1. The lowest BCUT2D eigenvalue weighted by Crippen LogP contribution is -2.36. The van der Waals surface area contributed by atoms with E-state index >= 15 is 0 Å². The Bertz CT molecular complexity index is 659. The summed E-state index contributed by atoms with van der Waals surface area (Å²) in [4.78, 5) is 18.0. The Morgan fingerprint density at radius 2 is 2.14 bits per heavy atom. The third-order valence-electron chi connectivity index (χ3n) is 3.74. The minimum Gasteiger partial charge on any atom is -0.480 e. The average Bonchev–Trinajstić information content (AvgIpc) is 2.76. The first-order valence-corrected chi connectivity index (χ1v) is 7.11. The Morgan fingerprint density at radius 1 is 1.38 bits per heavy atom. The van der Waals surface area contributed by atoms with Crippen LogP contribution in [0, 0.1) is 6.92 Å². The Hall–Kier alpha value is -1.92. The Balaban J connectivity index is 1.96. The SMILES string of the molecule is Cc1ccc2c(c1)nc(CN1CCOCC1)n2CC(=O)O. The van der Waals surface area contributed by atoms with E-state index in [0.29, 0.717) is 6.54 Å². The number of aryl methyl sites for hydroxylation is 1. The largest absolute Gasteiger partial charge is 0.480 e. The van der Waals surface area contributed by atoms with E-state index in [1.54, 1.807) is 4.57 Å². The van der Waals surface area contributed by atoms with Crippen LogP contribution in [0.4, 0.5) is 0 Å². The summed E-state index contributed by atoms with van der Waals surface area (Å²) in [6, 6.07) is 5.93. The van der Waals surface area contributed by atoms with Crippen molar-refractivity contribution in [2.24, 2.45) is 0 Å². The van der Waals surface area contributed by atoms with Gasteiger partial charge in [-0.15, -0.1) is 0 Å². The predicted octanol–water partition coefficient (Wildman–Crippen LogP) is 1.26. The third-order valence-corrected chi connectivity index (χ3v) is 3.74. The second-order valence-corrected chi connectivity index (χ2v) is 5.39. The van der Waals surface area contributed by atoms with E-state index < -0.39 is 5.97 Å². The molecule has 112 valence electrons. The van der Waals surface area contributed by atoms with E-state index in [0.717, 1.165) is 48.7 Å². The molecule has 0 atom stereocenters. The van der Waals surface area contributed by atoms with Crippen LogP contribution in [0.3, 0.4) is 0 Å². The number of rotatable bonds is 4. The standard InChI is InChI=1S/C15H19N3O3/c1-11-2-3-13-12(8-11)16-14(18(13)10-15(19)20)9-17-4-6-21-7-5-17/h2-3,8H,4-7,9-10H2,1H3,(H,19,20). The minimum absolute atomic E-state index is 0.0563. The number of benzene rings is 1. The number of morpholine rings is 1. The topological polar surface area (TPSA) is 67.6 Å². The third kappa shape index (κ3) is 3.06. The van der Waals surface area contributed by atoms with Crippen molar-refractivity contribution in [1.29, 1.82) is 0 Å². The minimum atomic E-state index is -0.849. The molecule has 0 saturated carbocycles. The summed E-state index contributed by atoms with van der Waals surface area (Å²) in [7, 11) is 0. The molecule has 6 nitrogen and oxygen atoms in total. The highest BCUT2D eigenvalue weighted by Crippen LogP contribution is 2.19. The van der Waals surface area contributed by atoms with Crippen molar-refractivity contribution < 1.29 is 14.6 Å². The molecule has 1 N–H and O–H groups in total. The fourth-order valence-corrected chi connectivity index (χ4v) is 2.68. The number of fused-ring (bicyclic) bond motifs is 1. The fraction of sp³-hybridized carbons (Fsp3) is 0.467. The van der Waals surface area contributed by atoms with Gasteiger partial charge < -0.3 is 14.4 Å². The van der Waals surface area contributed by atoms with Crippen LogP contribution in [-0.2, 0) is 22.6 Å². The molecule has 1 fully saturated rings. The molecule has 1 aliphatic rings. The highest BCUT2D eigenvalue weighted by molar-refractivity contribution is 5.79. The van der Waals surface area contributed by atoms with E-state index in [1.165, 1.54) is 0 Å². The lowest BCUT2D eigenvalue weighted by Gasteiger charge is -2.26. The zero-order valence-electron chi connectivity index (χ0n) is 12.1. The molecule has 1 aromatic carbocycles.